The van der Waals surface area contributed by atoms with Gasteiger partial charge in [0.05, 0.1) is 18.3 Å². The second kappa shape index (κ2) is 5.73. The highest BCUT2D eigenvalue weighted by Gasteiger charge is 2.36. The van der Waals surface area contributed by atoms with Gasteiger partial charge in [-0.1, -0.05) is 6.07 Å². The molecule has 0 aliphatic heterocycles. The summed E-state index contributed by atoms with van der Waals surface area (Å²) < 4.78 is 27.1. The van der Waals surface area contributed by atoms with Crippen LogP contribution in [0.4, 0.5) is 14.6 Å². The van der Waals surface area contributed by atoms with Crippen molar-refractivity contribution >= 4 is 5.82 Å². The number of hydrogen-bond acceptors (Lipinski definition) is 4. The van der Waals surface area contributed by atoms with Crippen molar-refractivity contribution in [3.63, 3.8) is 0 Å². The fourth-order valence-electron chi connectivity index (χ4n) is 2.64. The Hall–Kier alpha value is -2.08. The molecule has 2 N–H and O–H groups in total. The first-order valence-electron chi connectivity index (χ1n) is 6.79. The lowest BCUT2D eigenvalue weighted by Crippen LogP contribution is -2.36. The van der Waals surface area contributed by atoms with Gasteiger partial charge in [0.25, 0.3) is 0 Å². The molecule has 21 heavy (non-hydrogen) atoms. The van der Waals surface area contributed by atoms with Gasteiger partial charge in [-0.2, -0.15) is 0 Å². The number of nitrogens with zero attached hydrogens (tertiary/aromatic N) is 2. The van der Waals surface area contributed by atoms with Crippen molar-refractivity contribution in [3.8, 4) is 0 Å². The summed E-state index contributed by atoms with van der Waals surface area (Å²) in [5, 5.41) is 12.6. The van der Waals surface area contributed by atoms with E-state index in [1.165, 1.54) is 18.3 Å². The van der Waals surface area contributed by atoms with E-state index < -0.39 is 11.6 Å². The van der Waals surface area contributed by atoms with Crippen molar-refractivity contribution < 1.29 is 13.9 Å². The molecule has 4 nitrogen and oxygen atoms in total. The first-order valence-corrected chi connectivity index (χ1v) is 6.79. The first kappa shape index (κ1) is 13.9. The lowest BCUT2D eigenvalue weighted by molar-refractivity contribution is 0.0334. The van der Waals surface area contributed by atoms with Gasteiger partial charge in [0.15, 0.2) is 0 Å². The molecule has 2 aromatic rings. The molecule has 1 unspecified atom stereocenters. The second-order valence-electron chi connectivity index (χ2n) is 5.26. The summed E-state index contributed by atoms with van der Waals surface area (Å²) in [6.45, 7) is 0. The quantitative estimate of drug-likeness (QED) is 0.909. The monoisotopic (exact) mass is 291 g/mol. The molecule has 0 spiro atoms. The predicted molar refractivity (Wildman–Crippen MR) is 73.5 cm³/mol. The third-order valence-electron chi connectivity index (χ3n) is 3.79. The van der Waals surface area contributed by atoms with E-state index in [4.69, 9.17) is 0 Å². The number of hydrogen-bond donors (Lipinski definition) is 2. The average Bonchev–Trinajstić information content (AvgIpc) is 2.43. The number of aromatic nitrogens is 2. The molecule has 1 aliphatic rings. The van der Waals surface area contributed by atoms with Crippen LogP contribution in [0, 0.1) is 17.6 Å². The van der Waals surface area contributed by atoms with Gasteiger partial charge >= 0.3 is 0 Å². The van der Waals surface area contributed by atoms with E-state index in [1.807, 2.05) is 0 Å². The standard InChI is InChI=1S/C15H15F2N3O/c16-10-1-2-12(13(17)7-10)15(9-5-11(21)6-9)20-14-8-18-3-4-19-14/h1-4,7-9,11,15,21H,5-6H2,(H,19,20). The van der Waals surface area contributed by atoms with Crippen LogP contribution in [0.3, 0.4) is 0 Å². The molecule has 0 radical (unpaired) electrons. The molecule has 0 amide bonds. The average molecular weight is 291 g/mol. The third-order valence-corrected chi connectivity index (χ3v) is 3.79. The molecule has 1 aromatic heterocycles. The van der Waals surface area contributed by atoms with E-state index in [9.17, 15) is 13.9 Å². The first-order chi connectivity index (χ1) is 10.1. The lowest BCUT2D eigenvalue weighted by Gasteiger charge is -2.38. The number of anilines is 1. The van der Waals surface area contributed by atoms with Crippen LogP contribution in [-0.2, 0) is 0 Å². The van der Waals surface area contributed by atoms with Crippen molar-refractivity contribution in [3.05, 3.63) is 54.0 Å². The van der Waals surface area contributed by atoms with Crippen molar-refractivity contribution in [2.45, 2.75) is 25.0 Å². The molecule has 0 saturated heterocycles. The summed E-state index contributed by atoms with van der Waals surface area (Å²) in [7, 11) is 0. The van der Waals surface area contributed by atoms with Gasteiger partial charge in [-0.3, -0.25) is 4.98 Å². The van der Waals surface area contributed by atoms with Gasteiger partial charge in [-0.25, -0.2) is 13.8 Å². The summed E-state index contributed by atoms with van der Waals surface area (Å²) in [6.07, 6.45) is 5.43. The Bertz CT molecular complexity index is 618. The lowest BCUT2D eigenvalue weighted by atomic mass is 9.75. The molecule has 1 aliphatic carbocycles. The van der Waals surface area contributed by atoms with Gasteiger partial charge in [-0.15, -0.1) is 0 Å². The van der Waals surface area contributed by atoms with Crippen LogP contribution in [0.25, 0.3) is 0 Å². The molecule has 0 bridgehead atoms. The summed E-state index contributed by atoms with van der Waals surface area (Å²) in [5.41, 5.74) is 0.374. The van der Waals surface area contributed by atoms with Crippen LogP contribution < -0.4 is 5.32 Å². The molecule has 1 atom stereocenters. The number of nitrogens with one attached hydrogen (secondary N) is 1. The Balaban J connectivity index is 1.88. The number of aliphatic hydroxyl groups excluding tert-OH is 1. The SMILES string of the molecule is OC1CC(C(Nc2cnccn2)c2ccc(F)cc2F)C1. The molecule has 1 saturated carbocycles. The zero-order valence-corrected chi connectivity index (χ0v) is 11.2. The molecule has 1 fully saturated rings. The molecule has 6 heteroatoms. The van der Waals surface area contributed by atoms with E-state index in [0.29, 0.717) is 24.2 Å². The van der Waals surface area contributed by atoms with E-state index in [0.717, 1.165) is 6.07 Å². The van der Waals surface area contributed by atoms with Crippen LogP contribution >= 0.6 is 0 Å². The summed E-state index contributed by atoms with van der Waals surface area (Å²) in [5.74, 6) is -0.615. The van der Waals surface area contributed by atoms with Gasteiger partial charge in [0, 0.05) is 24.0 Å². The highest BCUT2D eigenvalue weighted by molar-refractivity contribution is 5.37. The molecular weight excluding hydrogens is 276 g/mol. The van der Waals surface area contributed by atoms with Gasteiger partial charge in [0.1, 0.15) is 17.5 Å². The van der Waals surface area contributed by atoms with E-state index in [-0.39, 0.29) is 18.1 Å². The Kier molecular flexibility index (Phi) is 3.79. The van der Waals surface area contributed by atoms with Crippen molar-refractivity contribution in [1.29, 1.82) is 0 Å². The number of halogens is 2. The van der Waals surface area contributed by atoms with Crippen molar-refractivity contribution in [2.24, 2.45) is 5.92 Å². The highest BCUT2D eigenvalue weighted by atomic mass is 19.1. The molecule has 1 aromatic carbocycles. The number of benzene rings is 1. The smallest absolute Gasteiger partial charge is 0.144 e. The predicted octanol–water partition coefficient (Wildman–Crippen LogP) is 2.68. The zero-order valence-electron chi connectivity index (χ0n) is 11.2. The number of rotatable bonds is 4. The maximum atomic E-state index is 14.0. The molecule has 1 heterocycles. The van der Waals surface area contributed by atoms with E-state index in [2.05, 4.69) is 15.3 Å². The summed E-state index contributed by atoms with van der Waals surface area (Å²) >= 11 is 0. The Morgan fingerprint density at radius 3 is 2.67 bits per heavy atom. The fourth-order valence-corrected chi connectivity index (χ4v) is 2.64. The fraction of sp³-hybridized carbons (Fsp3) is 0.333. The second-order valence-corrected chi connectivity index (χ2v) is 5.26. The van der Waals surface area contributed by atoms with E-state index >= 15 is 0 Å². The zero-order chi connectivity index (χ0) is 14.8. The normalized spacial score (nSPS) is 22.4. The Morgan fingerprint density at radius 1 is 1.24 bits per heavy atom. The van der Waals surface area contributed by atoms with Gasteiger partial charge in [0.2, 0.25) is 0 Å². The minimum atomic E-state index is -0.608. The molecular formula is C15H15F2N3O. The minimum Gasteiger partial charge on any atom is -0.393 e. The largest absolute Gasteiger partial charge is 0.393 e. The minimum absolute atomic E-state index is 0.0713. The van der Waals surface area contributed by atoms with Gasteiger partial charge < -0.3 is 10.4 Å². The summed E-state index contributed by atoms with van der Waals surface area (Å²) in [6, 6.07) is 3.17. The summed E-state index contributed by atoms with van der Waals surface area (Å²) in [4.78, 5) is 8.08. The van der Waals surface area contributed by atoms with Gasteiger partial charge in [-0.05, 0) is 24.8 Å². The highest BCUT2D eigenvalue weighted by Crippen LogP contribution is 2.40. The van der Waals surface area contributed by atoms with E-state index in [1.54, 1.807) is 12.4 Å². The van der Waals surface area contributed by atoms with Crippen molar-refractivity contribution in [1.82, 2.24) is 9.97 Å². The molecule has 110 valence electrons. The maximum Gasteiger partial charge on any atom is 0.144 e. The maximum absolute atomic E-state index is 14.0. The van der Waals surface area contributed by atoms with Crippen LogP contribution in [0.15, 0.2) is 36.8 Å². The van der Waals surface area contributed by atoms with Crippen LogP contribution in [-0.4, -0.2) is 21.2 Å². The number of aliphatic hydroxyl groups is 1. The van der Waals surface area contributed by atoms with Crippen LogP contribution in [0.1, 0.15) is 24.4 Å². The van der Waals surface area contributed by atoms with Crippen LogP contribution in [0.2, 0.25) is 0 Å². The van der Waals surface area contributed by atoms with Crippen LogP contribution in [0.5, 0.6) is 0 Å². The Labute approximate surface area is 120 Å². The Morgan fingerprint density at radius 2 is 2.05 bits per heavy atom. The molecule has 3 rings (SSSR count). The third kappa shape index (κ3) is 3.00. The topological polar surface area (TPSA) is 58.0 Å². The van der Waals surface area contributed by atoms with Crippen molar-refractivity contribution in [2.75, 3.05) is 5.32 Å².